The van der Waals surface area contributed by atoms with Crippen LogP contribution in [0.3, 0.4) is 0 Å². The first-order valence-corrected chi connectivity index (χ1v) is 6.55. The molecule has 2 saturated heterocycles. The highest BCUT2D eigenvalue weighted by Gasteiger charge is 2.39. The smallest absolute Gasteiger partial charge is 0.220 e. The van der Waals surface area contributed by atoms with Gasteiger partial charge in [-0.15, -0.1) is 0 Å². The van der Waals surface area contributed by atoms with Gasteiger partial charge in [0.2, 0.25) is 5.91 Å². The van der Waals surface area contributed by atoms with Crippen molar-refractivity contribution in [3.63, 3.8) is 0 Å². The number of hydrogen-bond acceptors (Lipinski definition) is 3. The Hall–Kier alpha value is -1.36. The fraction of sp³-hybridized carbons (Fsp3) is 0.692. The lowest BCUT2D eigenvalue weighted by Crippen LogP contribution is -2.32. The van der Waals surface area contributed by atoms with Gasteiger partial charge < -0.3 is 5.32 Å². The van der Waals surface area contributed by atoms with E-state index < -0.39 is 0 Å². The Morgan fingerprint density at radius 3 is 2.78 bits per heavy atom. The minimum atomic E-state index is 0.221. The largest absolute Gasteiger partial charge is 0.352 e. The zero-order valence-electron chi connectivity index (χ0n) is 11.2. The number of hydrogen-bond donors (Lipinski definition) is 1. The molecule has 2 aliphatic rings. The lowest BCUT2D eigenvalue weighted by molar-refractivity contribution is -0.119. The van der Waals surface area contributed by atoms with Crippen LogP contribution >= 0.6 is 0 Å². The summed E-state index contributed by atoms with van der Waals surface area (Å²) in [5.74, 6) is 0.730. The van der Waals surface area contributed by atoms with Crippen LogP contribution in [0.15, 0.2) is 0 Å². The average Bonchev–Trinajstić information content (AvgIpc) is 2.86. The fourth-order valence-corrected chi connectivity index (χ4v) is 3.23. The highest BCUT2D eigenvalue weighted by Crippen LogP contribution is 2.27. The molecule has 0 aromatic carbocycles. The second kappa shape index (κ2) is 4.09. The third-order valence-electron chi connectivity index (χ3n) is 4.35. The van der Waals surface area contributed by atoms with Crippen LogP contribution in [0.2, 0.25) is 0 Å². The Morgan fingerprint density at radius 1 is 1.39 bits per heavy atom. The number of fused-ring (bicyclic) bond motifs is 1. The number of carbonyl (C=O) groups is 1. The summed E-state index contributed by atoms with van der Waals surface area (Å²) in [6.45, 7) is 7.14. The molecule has 0 aliphatic carbocycles. The minimum absolute atomic E-state index is 0.221. The van der Waals surface area contributed by atoms with Crippen molar-refractivity contribution in [2.75, 3.05) is 13.1 Å². The molecule has 0 bridgehead atoms. The van der Waals surface area contributed by atoms with E-state index in [1.54, 1.807) is 0 Å². The van der Waals surface area contributed by atoms with Crippen LogP contribution in [-0.4, -0.2) is 39.7 Å². The van der Waals surface area contributed by atoms with Crippen LogP contribution in [0.5, 0.6) is 0 Å². The number of rotatable bonds is 2. The van der Waals surface area contributed by atoms with Gasteiger partial charge in [-0.05, 0) is 13.8 Å². The molecule has 98 valence electrons. The van der Waals surface area contributed by atoms with Crippen LogP contribution in [0.1, 0.15) is 23.4 Å². The lowest BCUT2D eigenvalue weighted by atomic mass is 10.1. The molecule has 5 heteroatoms. The molecular formula is C13H20N4O. The maximum Gasteiger partial charge on any atom is 0.220 e. The second-order valence-corrected chi connectivity index (χ2v) is 5.61. The van der Waals surface area contributed by atoms with Crippen molar-refractivity contribution >= 4 is 5.91 Å². The van der Waals surface area contributed by atoms with Crippen molar-refractivity contribution in [2.24, 2.45) is 13.0 Å². The average molecular weight is 248 g/mol. The predicted octanol–water partition coefficient (Wildman–Crippen LogP) is 0.357. The van der Waals surface area contributed by atoms with Crippen LogP contribution < -0.4 is 5.32 Å². The van der Waals surface area contributed by atoms with Crippen molar-refractivity contribution < 1.29 is 4.79 Å². The van der Waals surface area contributed by atoms with E-state index >= 15 is 0 Å². The third kappa shape index (κ3) is 1.82. The molecule has 5 nitrogen and oxygen atoms in total. The van der Waals surface area contributed by atoms with Gasteiger partial charge in [0.25, 0.3) is 0 Å². The Kier molecular flexibility index (Phi) is 2.66. The van der Waals surface area contributed by atoms with Crippen molar-refractivity contribution in [1.29, 1.82) is 0 Å². The fourth-order valence-electron chi connectivity index (χ4n) is 3.23. The Bertz CT molecular complexity index is 477. The number of aromatic nitrogens is 2. The number of nitrogens with one attached hydrogen (secondary N) is 1. The molecular weight excluding hydrogens is 228 g/mol. The van der Waals surface area contributed by atoms with Crippen LogP contribution in [0, 0.1) is 19.8 Å². The van der Waals surface area contributed by atoms with Crippen LogP contribution in [-0.2, 0) is 18.4 Å². The predicted molar refractivity (Wildman–Crippen MR) is 68.0 cm³/mol. The zero-order valence-corrected chi connectivity index (χ0v) is 11.2. The van der Waals surface area contributed by atoms with E-state index in [0.29, 0.717) is 18.4 Å². The molecule has 2 fully saturated rings. The summed E-state index contributed by atoms with van der Waals surface area (Å²) in [6.07, 6.45) is 0.701. The van der Waals surface area contributed by atoms with E-state index in [4.69, 9.17) is 0 Å². The molecule has 0 radical (unpaired) electrons. The third-order valence-corrected chi connectivity index (χ3v) is 4.35. The molecule has 0 unspecified atom stereocenters. The van der Waals surface area contributed by atoms with Crippen molar-refractivity contribution in [1.82, 2.24) is 20.0 Å². The molecule has 1 aromatic heterocycles. The molecule has 0 saturated carbocycles. The summed E-state index contributed by atoms with van der Waals surface area (Å²) >= 11 is 0. The van der Waals surface area contributed by atoms with Crippen molar-refractivity contribution in [3.8, 4) is 0 Å². The number of aryl methyl sites for hydroxylation is 2. The summed E-state index contributed by atoms with van der Waals surface area (Å²) in [5.41, 5.74) is 3.70. The standard InChI is InChI=1S/C13H20N4O/c1-8-11(9(2)16(3)15-8)6-17-5-10-4-13(18)14-12(10)7-17/h10,12H,4-7H2,1-3H3,(H,14,18)/t10-,12+/m0/s1. The van der Waals surface area contributed by atoms with E-state index in [0.717, 1.165) is 25.3 Å². The van der Waals surface area contributed by atoms with Crippen LogP contribution in [0.4, 0.5) is 0 Å². The molecule has 1 N–H and O–H groups in total. The van der Waals surface area contributed by atoms with E-state index in [9.17, 15) is 4.79 Å². The molecule has 1 amide bonds. The normalized spacial score (nSPS) is 27.6. The van der Waals surface area contributed by atoms with Gasteiger partial charge >= 0.3 is 0 Å². The Labute approximate surface area is 107 Å². The molecule has 18 heavy (non-hydrogen) atoms. The van der Waals surface area contributed by atoms with Crippen molar-refractivity contribution in [2.45, 2.75) is 32.9 Å². The summed E-state index contributed by atoms with van der Waals surface area (Å²) in [6, 6.07) is 0.370. The summed E-state index contributed by atoms with van der Waals surface area (Å²) < 4.78 is 1.95. The maximum atomic E-state index is 11.3. The van der Waals surface area contributed by atoms with Crippen LogP contribution in [0.25, 0.3) is 0 Å². The molecule has 1 aromatic rings. The maximum absolute atomic E-state index is 11.3. The van der Waals surface area contributed by atoms with E-state index in [1.807, 2.05) is 11.7 Å². The molecule has 3 rings (SSSR count). The SMILES string of the molecule is Cc1nn(C)c(C)c1CN1C[C@@H]2CC(=O)N[C@@H]2C1. The summed E-state index contributed by atoms with van der Waals surface area (Å²) in [7, 11) is 1.99. The Morgan fingerprint density at radius 2 is 2.17 bits per heavy atom. The molecule has 2 atom stereocenters. The van der Waals surface area contributed by atoms with Gasteiger partial charge in [0.05, 0.1) is 5.69 Å². The number of carbonyl (C=O) groups excluding carboxylic acids is 1. The first-order chi connectivity index (χ1) is 8.54. The van der Waals surface area contributed by atoms with Crippen molar-refractivity contribution in [3.05, 3.63) is 17.0 Å². The Balaban J connectivity index is 1.70. The van der Waals surface area contributed by atoms with Gasteiger partial charge in [-0.2, -0.15) is 5.10 Å². The summed E-state index contributed by atoms with van der Waals surface area (Å²) in [4.78, 5) is 13.7. The van der Waals surface area contributed by atoms with Gasteiger partial charge in [-0.1, -0.05) is 0 Å². The lowest BCUT2D eigenvalue weighted by Gasteiger charge is -2.17. The topological polar surface area (TPSA) is 50.2 Å². The number of amides is 1. The minimum Gasteiger partial charge on any atom is -0.352 e. The molecule has 0 spiro atoms. The zero-order chi connectivity index (χ0) is 12.9. The van der Waals surface area contributed by atoms with Gasteiger partial charge in [0.1, 0.15) is 0 Å². The number of likely N-dealkylation sites (tertiary alicyclic amines) is 1. The molecule has 3 heterocycles. The van der Waals surface area contributed by atoms with E-state index in [1.165, 1.54) is 11.3 Å². The number of nitrogens with zero attached hydrogens (tertiary/aromatic N) is 3. The van der Waals surface area contributed by atoms with Gasteiger partial charge in [0, 0.05) is 56.3 Å². The van der Waals surface area contributed by atoms with Gasteiger partial charge in [0.15, 0.2) is 0 Å². The van der Waals surface area contributed by atoms with Gasteiger partial charge in [-0.3, -0.25) is 14.4 Å². The second-order valence-electron chi connectivity index (χ2n) is 5.61. The highest BCUT2D eigenvalue weighted by atomic mass is 16.2. The highest BCUT2D eigenvalue weighted by molar-refractivity contribution is 5.79. The summed E-state index contributed by atoms with van der Waals surface area (Å²) in [5, 5.41) is 7.52. The van der Waals surface area contributed by atoms with Gasteiger partial charge in [-0.25, -0.2) is 0 Å². The first-order valence-electron chi connectivity index (χ1n) is 6.55. The quantitative estimate of drug-likeness (QED) is 0.822. The van der Waals surface area contributed by atoms with E-state index in [2.05, 4.69) is 29.2 Å². The first kappa shape index (κ1) is 11.7. The van der Waals surface area contributed by atoms with E-state index in [-0.39, 0.29) is 5.91 Å². The molecule has 2 aliphatic heterocycles. The monoisotopic (exact) mass is 248 g/mol.